The fraction of sp³-hybridized carbons (Fsp3) is 0.538. The van der Waals surface area contributed by atoms with Crippen LogP contribution in [-0.2, 0) is 0 Å². The lowest BCUT2D eigenvalue weighted by Gasteiger charge is -2.15. The van der Waals surface area contributed by atoms with E-state index in [0.717, 1.165) is 12.0 Å². The van der Waals surface area contributed by atoms with Crippen molar-refractivity contribution in [1.29, 1.82) is 0 Å². The Bertz CT molecular complexity index is 361. The molecule has 16 heavy (non-hydrogen) atoms. The molecule has 0 aromatic heterocycles. The molecule has 0 spiro atoms. The Balaban J connectivity index is 2.02. The lowest BCUT2D eigenvalue weighted by Crippen LogP contribution is -2.04. The molecular formula is C13H16ClFO. The molecule has 1 aromatic rings. The first kappa shape index (κ1) is 11.9. The van der Waals surface area contributed by atoms with Crippen LogP contribution in [0, 0.1) is 11.7 Å². The summed E-state index contributed by atoms with van der Waals surface area (Å²) in [6.07, 6.45) is 5.18. The molecule has 0 heterocycles. The number of aliphatic hydroxyl groups is 1. The molecule has 1 nitrogen and oxygen atoms in total. The van der Waals surface area contributed by atoms with Crippen LogP contribution in [0.5, 0.6) is 0 Å². The molecule has 1 aromatic carbocycles. The summed E-state index contributed by atoms with van der Waals surface area (Å²) in [6, 6.07) is 4.45. The predicted octanol–water partition coefficient (Wildman–Crippen LogP) is 4.09. The zero-order valence-electron chi connectivity index (χ0n) is 9.13. The Kier molecular flexibility index (Phi) is 3.82. The summed E-state index contributed by atoms with van der Waals surface area (Å²) in [5, 5.41) is 10.1. The number of hydrogen-bond acceptors (Lipinski definition) is 1. The van der Waals surface area contributed by atoms with Gasteiger partial charge in [-0.05, 0) is 30.0 Å². The molecule has 0 amide bonds. The van der Waals surface area contributed by atoms with Gasteiger partial charge in [0.1, 0.15) is 5.82 Å². The van der Waals surface area contributed by atoms with Gasteiger partial charge in [0.25, 0.3) is 0 Å². The fourth-order valence-corrected chi connectivity index (χ4v) is 2.61. The predicted molar refractivity (Wildman–Crippen MR) is 62.9 cm³/mol. The lowest BCUT2D eigenvalue weighted by atomic mass is 9.96. The monoisotopic (exact) mass is 242 g/mol. The van der Waals surface area contributed by atoms with E-state index in [1.807, 2.05) is 0 Å². The van der Waals surface area contributed by atoms with Crippen molar-refractivity contribution in [3.63, 3.8) is 0 Å². The average Bonchev–Trinajstić information content (AvgIpc) is 2.74. The SMILES string of the molecule is OC(CC1CCCC1)c1ccc(F)c(Cl)c1. The maximum absolute atomic E-state index is 13.0. The van der Waals surface area contributed by atoms with Crippen molar-refractivity contribution in [2.75, 3.05) is 0 Å². The molecule has 1 aliphatic carbocycles. The van der Waals surface area contributed by atoms with Gasteiger partial charge in [0.2, 0.25) is 0 Å². The summed E-state index contributed by atoms with van der Waals surface area (Å²) in [7, 11) is 0. The average molecular weight is 243 g/mol. The topological polar surface area (TPSA) is 20.2 Å². The third-order valence-corrected chi connectivity index (χ3v) is 3.65. The Morgan fingerprint density at radius 1 is 1.38 bits per heavy atom. The van der Waals surface area contributed by atoms with Crippen LogP contribution in [0.15, 0.2) is 18.2 Å². The minimum atomic E-state index is -0.513. The van der Waals surface area contributed by atoms with E-state index in [1.54, 1.807) is 6.07 Å². The highest BCUT2D eigenvalue weighted by Crippen LogP contribution is 2.33. The van der Waals surface area contributed by atoms with Crippen molar-refractivity contribution in [2.24, 2.45) is 5.92 Å². The molecule has 0 radical (unpaired) electrons. The van der Waals surface area contributed by atoms with Gasteiger partial charge in [-0.15, -0.1) is 0 Å². The largest absolute Gasteiger partial charge is 0.388 e. The summed E-state index contributed by atoms with van der Waals surface area (Å²) < 4.78 is 13.0. The zero-order valence-corrected chi connectivity index (χ0v) is 9.88. The van der Waals surface area contributed by atoms with Crippen LogP contribution >= 0.6 is 11.6 Å². The van der Waals surface area contributed by atoms with Crippen molar-refractivity contribution in [1.82, 2.24) is 0 Å². The van der Waals surface area contributed by atoms with Gasteiger partial charge >= 0.3 is 0 Å². The number of benzene rings is 1. The van der Waals surface area contributed by atoms with E-state index < -0.39 is 11.9 Å². The molecular weight excluding hydrogens is 227 g/mol. The van der Waals surface area contributed by atoms with Gasteiger partial charge in [0.15, 0.2) is 0 Å². The molecule has 0 aliphatic heterocycles. The van der Waals surface area contributed by atoms with E-state index in [9.17, 15) is 9.50 Å². The highest BCUT2D eigenvalue weighted by Gasteiger charge is 2.20. The van der Waals surface area contributed by atoms with E-state index in [1.165, 1.54) is 37.8 Å². The van der Waals surface area contributed by atoms with Crippen LogP contribution in [0.4, 0.5) is 4.39 Å². The second kappa shape index (κ2) is 5.15. The van der Waals surface area contributed by atoms with E-state index >= 15 is 0 Å². The van der Waals surface area contributed by atoms with Gasteiger partial charge in [-0.1, -0.05) is 43.4 Å². The van der Waals surface area contributed by atoms with Crippen LogP contribution in [0.3, 0.4) is 0 Å². The number of hydrogen-bond donors (Lipinski definition) is 1. The molecule has 3 heteroatoms. The molecule has 0 saturated heterocycles. The summed E-state index contributed by atoms with van der Waals surface area (Å²) in [5.41, 5.74) is 0.721. The van der Waals surface area contributed by atoms with E-state index in [0.29, 0.717) is 5.92 Å². The van der Waals surface area contributed by atoms with Gasteiger partial charge in [-0.25, -0.2) is 4.39 Å². The molecule has 1 atom stereocenters. The minimum absolute atomic E-state index is 0.0861. The Morgan fingerprint density at radius 2 is 2.06 bits per heavy atom. The Morgan fingerprint density at radius 3 is 2.69 bits per heavy atom. The van der Waals surface area contributed by atoms with Crippen LogP contribution in [0.25, 0.3) is 0 Å². The standard InChI is InChI=1S/C13H16ClFO/c14-11-8-10(5-6-12(11)15)13(16)7-9-3-1-2-4-9/h5-6,8-9,13,16H,1-4,7H2. The molecule has 2 rings (SSSR count). The second-order valence-corrected chi connectivity index (χ2v) is 4.98. The van der Waals surface area contributed by atoms with Gasteiger partial charge < -0.3 is 5.11 Å². The summed E-state index contributed by atoms with van der Waals surface area (Å²) in [4.78, 5) is 0. The molecule has 1 N–H and O–H groups in total. The number of rotatable bonds is 3. The first-order valence-corrected chi connectivity index (χ1v) is 6.17. The van der Waals surface area contributed by atoms with Gasteiger partial charge in [-0.2, -0.15) is 0 Å². The van der Waals surface area contributed by atoms with Crippen molar-refractivity contribution >= 4 is 11.6 Å². The van der Waals surface area contributed by atoms with E-state index in [4.69, 9.17) is 11.6 Å². The van der Waals surface area contributed by atoms with Crippen molar-refractivity contribution < 1.29 is 9.50 Å². The molecule has 0 bridgehead atoms. The molecule has 88 valence electrons. The third-order valence-electron chi connectivity index (χ3n) is 3.36. The Hall–Kier alpha value is -0.600. The van der Waals surface area contributed by atoms with Gasteiger partial charge in [0.05, 0.1) is 11.1 Å². The summed E-state index contributed by atoms with van der Waals surface area (Å²) in [5.74, 6) is 0.178. The van der Waals surface area contributed by atoms with E-state index in [2.05, 4.69) is 0 Å². The normalized spacial score (nSPS) is 18.9. The van der Waals surface area contributed by atoms with Crippen molar-refractivity contribution in [3.8, 4) is 0 Å². The first-order chi connectivity index (χ1) is 7.66. The maximum atomic E-state index is 13.0. The fourth-order valence-electron chi connectivity index (χ4n) is 2.42. The smallest absolute Gasteiger partial charge is 0.141 e. The first-order valence-electron chi connectivity index (χ1n) is 5.80. The van der Waals surface area contributed by atoms with E-state index in [-0.39, 0.29) is 5.02 Å². The summed E-state index contributed by atoms with van der Waals surface area (Å²) in [6.45, 7) is 0. The van der Waals surface area contributed by atoms with Gasteiger partial charge in [-0.3, -0.25) is 0 Å². The quantitative estimate of drug-likeness (QED) is 0.846. The molecule has 1 fully saturated rings. The maximum Gasteiger partial charge on any atom is 0.141 e. The van der Waals surface area contributed by atoms with Crippen LogP contribution in [-0.4, -0.2) is 5.11 Å². The zero-order chi connectivity index (χ0) is 11.5. The second-order valence-electron chi connectivity index (χ2n) is 4.58. The molecule has 1 saturated carbocycles. The number of aliphatic hydroxyl groups excluding tert-OH is 1. The molecule has 1 aliphatic rings. The van der Waals surface area contributed by atoms with Crippen molar-refractivity contribution in [3.05, 3.63) is 34.6 Å². The van der Waals surface area contributed by atoms with Crippen LogP contribution < -0.4 is 0 Å². The lowest BCUT2D eigenvalue weighted by molar-refractivity contribution is 0.145. The third kappa shape index (κ3) is 2.74. The highest BCUT2D eigenvalue weighted by atomic mass is 35.5. The van der Waals surface area contributed by atoms with Crippen LogP contribution in [0.1, 0.15) is 43.8 Å². The molecule has 1 unspecified atom stereocenters. The van der Waals surface area contributed by atoms with Gasteiger partial charge in [0, 0.05) is 0 Å². The highest BCUT2D eigenvalue weighted by molar-refractivity contribution is 6.30. The Labute approximate surface area is 100 Å². The van der Waals surface area contributed by atoms with Crippen molar-refractivity contribution in [2.45, 2.75) is 38.2 Å². The summed E-state index contributed by atoms with van der Waals surface area (Å²) >= 11 is 5.69. The van der Waals surface area contributed by atoms with Crippen LogP contribution in [0.2, 0.25) is 5.02 Å². The minimum Gasteiger partial charge on any atom is -0.388 e. The number of halogens is 2.